The van der Waals surface area contributed by atoms with Crippen molar-refractivity contribution >= 4 is 0 Å². The van der Waals surface area contributed by atoms with Crippen molar-refractivity contribution in [1.29, 1.82) is 0 Å². The predicted octanol–water partition coefficient (Wildman–Crippen LogP) is 0.826. The van der Waals surface area contributed by atoms with Gasteiger partial charge in [0.1, 0.15) is 11.6 Å². The van der Waals surface area contributed by atoms with E-state index in [9.17, 15) is 9.50 Å². The first-order valence-corrected chi connectivity index (χ1v) is 3.90. The van der Waals surface area contributed by atoms with E-state index >= 15 is 0 Å². The van der Waals surface area contributed by atoms with Crippen molar-refractivity contribution in [2.24, 2.45) is 5.73 Å². The zero-order valence-electron chi connectivity index (χ0n) is 7.33. The monoisotopic (exact) mass is 185 g/mol. The highest BCUT2D eigenvalue weighted by molar-refractivity contribution is 5.31. The lowest BCUT2D eigenvalue weighted by molar-refractivity contribution is 0.181. The maximum Gasteiger partial charge on any atom is 0.129 e. The molecule has 0 aliphatic carbocycles. The van der Waals surface area contributed by atoms with E-state index in [2.05, 4.69) is 0 Å². The number of rotatable bonds is 3. The number of nitrogens with two attached hydrogens (primary N) is 1. The molecule has 1 aromatic carbocycles. The van der Waals surface area contributed by atoms with Gasteiger partial charge in [0.05, 0.1) is 13.2 Å². The lowest BCUT2D eigenvalue weighted by Gasteiger charge is -2.10. The normalized spacial score (nSPS) is 12.6. The Kier molecular flexibility index (Phi) is 3.22. The van der Waals surface area contributed by atoms with Gasteiger partial charge in [-0.1, -0.05) is 0 Å². The molecule has 0 aliphatic heterocycles. The number of aliphatic hydroxyl groups excluding tert-OH is 1. The fourth-order valence-electron chi connectivity index (χ4n) is 1.03. The van der Waals surface area contributed by atoms with Crippen LogP contribution in [0, 0.1) is 5.82 Å². The van der Waals surface area contributed by atoms with E-state index in [1.54, 1.807) is 0 Å². The Morgan fingerprint density at radius 2 is 2.31 bits per heavy atom. The molecule has 1 rings (SSSR count). The first-order valence-electron chi connectivity index (χ1n) is 3.90. The van der Waals surface area contributed by atoms with E-state index in [1.165, 1.54) is 25.3 Å². The van der Waals surface area contributed by atoms with Crippen molar-refractivity contribution in [1.82, 2.24) is 0 Å². The average Bonchev–Trinajstić information content (AvgIpc) is 2.17. The first-order chi connectivity index (χ1) is 6.19. The number of aliphatic hydroxyl groups is 1. The van der Waals surface area contributed by atoms with Crippen LogP contribution in [0.2, 0.25) is 0 Å². The van der Waals surface area contributed by atoms with Crippen LogP contribution in [0.3, 0.4) is 0 Å². The van der Waals surface area contributed by atoms with Crippen LogP contribution in [0.5, 0.6) is 5.75 Å². The molecule has 0 aliphatic rings. The second-order valence-corrected chi connectivity index (χ2v) is 2.64. The molecule has 0 heterocycles. The van der Waals surface area contributed by atoms with Gasteiger partial charge in [0, 0.05) is 12.1 Å². The van der Waals surface area contributed by atoms with Gasteiger partial charge < -0.3 is 15.6 Å². The van der Waals surface area contributed by atoms with Gasteiger partial charge >= 0.3 is 0 Å². The standard InChI is InChI=1S/C9H12FNO2/c1-13-6-2-3-8(10)7(4-6)9(12)5-11/h2-4,9,12H,5,11H2,1H3/t9-/m1/s1. The van der Waals surface area contributed by atoms with Crippen LogP contribution in [-0.2, 0) is 0 Å². The molecule has 0 unspecified atom stereocenters. The molecule has 3 N–H and O–H groups in total. The fraction of sp³-hybridized carbons (Fsp3) is 0.333. The summed E-state index contributed by atoms with van der Waals surface area (Å²) in [4.78, 5) is 0. The van der Waals surface area contributed by atoms with Gasteiger partial charge in [0.2, 0.25) is 0 Å². The summed E-state index contributed by atoms with van der Waals surface area (Å²) in [5, 5.41) is 9.31. The van der Waals surface area contributed by atoms with Gasteiger partial charge in [0.25, 0.3) is 0 Å². The van der Waals surface area contributed by atoms with E-state index in [1.807, 2.05) is 0 Å². The molecule has 0 saturated carbocycles. The minimum Gasteiger partial charge on any atom is -0.497 e. The molecule has 0 aromatic heterocycles. The lowest BCUT2D eigenvalue weighted by atomic mass is 10.1. The SMILES string of the molecule is COc1ccc(F)c([C@H](O)CN)c1. The van der Waals surface area contributed by atoms with Crippen molar-refractivity contribution in [3.05, 3.63) is 29.6 Å². The summed E-state index contributed by atoms with van der Waals surface area (Å²) in [7, 11) is 1.48. The third-order valence-electron chi connectivity index (χ3n) is 1.79. The molecular formula is C9H12FNO2. The van der Waals surface area contributed by atoms with Gasteiger partial charge in [-0.15, -0.1) is 0 Å². The highest BCUT2D eigenvalue weighted by Gasteiger charge is 2.11. The van der Waals surface area contributed by atoms with Gasteiger partial charge in [-0.25, -0.2) is 4.39 Å². The van der Waals surface area contributed by atoms with Gasteiger partial charge in [-0.3, -0.25) is 0 Å². The van der Waals surface area contributed by atoms with Crippen molar-refractivity contribution in [2.75, 3.05) is 13.7 Å². The molecule has 0 bridgehead atoms. The molecule has 0 amide bonds. The summed E-state index contributed by atoms with van der Waals surface area (Å²) in [6.45, 7) is -0.00983. The summed E-state index contributed by atoms with van der Waals surface area (Å²) >= 11 is 0. The highest BCUT2D eigenvalue weighted by atomic mass is 19.1. The number of hydrogen-bond donors (Lipinski definition) is 2. The number of methoxy groups -OCH3 is 1. The Morgan fingerprint density at radius 3 is 2.85 bits per heavy atom. The predicted molar refractivity (Wildman–Crippen MR) is 47.0 cm³/mol. The zero-order valence-corrected chi connectivity index (χ0v) is 7.33. The summed E-state index contributed by atoms with van der Waals surface area (Å²) in [5.41, 5.74) is 5.38. The van der Waals surface area contributed by atoms with E-state index in [-0.39, 0.29) is 12.1 Å². The molecule has 1 aromatic rings. The van der Waals surface area contributed by atoms with E-state index in [0.29, 0.717) is 5.75 Å². The van der Waals surface area contributed by atoms with Gasteiger partial charge in [0.15, 0.2) is 0 Å². The molecule has 1 atom stereocenters. The van der Waals surface area contributed by atoms with E-state index in [4.69, 9.17) is 10.5 Å². The summed E-state index contributed by atoms with van der Waals surface area (Å²) in [5.74, 6) is 0.0302. The van der Waals surface area contributed by atoms with Crippen LogP contribution >= 0.6 is 0 Å². The zero-order chi connectivity index (χ0) is 9.84. The van der Waals surface area contributed by atoms with Crippen LogP contribution in [-0.4, -0.2) is 18.8 Å². The molecule has 72 valence electrons. The minimum absolute atomic E-state index is 0.00983. The molecule has 0 fully saturated rings. The molecule has 13 heavy (non-hydrogen) atoms. The fourth-order valence-corrected chi connectivity index (χ4v) is 1.03. The van der Waals surface area contributed by atoms with Crippen molar-refractivity contribution < 1.29 is 14.2 Å². The Labute approximate surface area is 75.9 Å². The highest BCUT2D eigenvalue weighted by Crippen LogP contribution is 2.21. The van der Waals surface area contributed by atoms with Crippen LogP contribution in [0.1, 0.15) is 11.7 Å². The van der Waals surface area contributed by atoms with E-state index in [0.717, 1.165) is 0 Å². The Morgan fingerprint density at radius 1 is 1.62 bits per heavy atom. The average molecular weight is 185 g/mol. The molecule has 0 radical (unpaired) electrons. The smallest absolute Gasteiger partial charge is 0.129 e. The summed E-state index contributed by atoms with van der Waals surface area (Å²) in [6.07, 6.45) is -0.977. The van der Waals surface area contributed by atoms with Crippen LogP contribution < -0.4 is 10.5 Å². The Bertz CT molecular complexity index is 291. The number of benzene rings is 1. The number of ether oxygens (including phenoxy) is 1. The van der Waals surface area contributed by atoms with E-state index < -0.39 is 11.9 Å². The number of hydrogen-bond acceptors (Lipinski definition) is 3. The van der Waals surface area contributed by atoms with Crippen molar-refractivity contribution in [2.45, 2.75) is 6.10 Å². The van der Waals surface area contributed by atoms with Crippen LogP contribution in [0.15, 0.2) is 18.2 Å². The first kappa shape index (κ1) is 9.95. The molecule has 3 nitrogen and oxygen atoms in total. The lowest BCUT2D eigenvalue weighted by Crippen LogP contribution is -2.13. The van der Waals surface area contributed by atoms with Gasteiger partial charge in [-0.2, -0.15) is 0 Å². The quantitative estimate of drug-likeness (QED) is 0.733. The second-order valence-electron chi connectivity index (χ2n) is 2.64. The molecule has 0 saturated heterocycles. The molecular weight excluding hydrogens is 173 g/mol. The summed E-state index contributed by atoms with van der Waals surface area (Å²) in [6, 6.07) is 4.17. The maximum atomic E-state index is 13.1. The minimum atomic E-state index is -0.977. The molecule has 4 heteroatoms. The van der Waals surface area contributed by atoms with Crippen LogP contribution in [0.25, 0.3) is 0 Å². The Balaban J connectivity index is 3.03. The Hall–Kier alpha value is -1.13. The second kappa shape index (κ2) is 4.20. The van der Waals surface area contributed by atoms with Crippen molar-refractivity contribution in [3.8, 4) is 5.75 Å². The number of halogens is 1. The molecule has 0 spiro atoms. The summed E-state index contributed by atoms with van der Waals surface area (Å²) < 4.78 is 18.0. The maximum absolute atomic E-state index is 13.1. The third kappa shape index (κ3) is 2.17. The topological polar surface area (TPSA) is 55.5 Å². The third-order valence-corrected chi connectivity index (χ3v) is 1.79. The largest absolute Gasteiger partial charge is 0.497 e. The van der Waals surface area contributed by atoms with Gasteiger partial charge in [-0.05, 0) is 18.2 Å². The van der Waals surface area contributed by atoms with Crippen LogP contribution in [0.4, 0.5) is 4.39 Å². The van der Waals surface area contributed by atoms with Crippen molar-refractivity contribution in [3.63, 3.8) is 0 Å².